The first kappa shape index (κ1) is 17.6. The third-order valence-electron chi connectivity index (χ3n) is 4.52. The van der Waals surface area contributed by atoms with Gasteiger partial charge in [0.2, 0.25) is 11.1 Å². The summed E-state index contributed by atoms with van der Waals surface area (Å²) in [6.45, 7) is 0.741. The van der Waals surface area contributed by atoms with Gasteiger partial charge in [-0.3, -0.25) is 4.79 Å². The Hall–Kier alpha value is -2.80. The lowest BCUT2D eigenvalue weighted by Gasteiger charge is -2.29. The second-order valence-corrected chi connectivity index (χ2v) is 7.18. The van der Waals surface area contributed by atoms with Gasteiger partial charge < -0.3 is 9.64 Å². The quantitative estimate of drug-likeness (QED) is 0.636. The Morgan fingerprint density at radius 3 is 2.89 bits per heavy atom. The van der Waals surface area contributed by atoms with Crippen LogP contribution < -0.4 is 9.64 Å². The number of ether oxygens (including phenoxy) is 1. The van der Waals surface area contributed by atoms with Crippen molar-refractivity contribution in [2.75, 3.05) is 24.3 Å². The Bertz CT molecular complexity index is 942. The molecule has 27 heavy (non-hydrogen) atoms. The minimum absolute atomic E-state index is 0.0715. The zero-order chi connectivity index (χ0) is 18.6. The van der Waals surface area contributed by atoms with E-state index in [-0.39, 0.29) is 5.91 Å². The molecule has 0 N–H and O–H groups in total. The van der Waals surface area contributed by atoms with Gasteiger partial charge >= 0.3 is 0 Å². The average molecular weight is 380 g/mol. The monoisotopic (exact) mass is 380 g/mol. The highest BCUT2D eigenvalue weighted by molar-refractivity contribution is 7.99. The molecular formula is C20H20N4O2S. The highest BCUT2D eigenvalue weighted by Gasteiger charge is 2.23. The van der Waals surface area contributed by atoms with Crippen molar-refractivity contribution in [1.82, 2.24) is 14.8 Å². The molecule has 6 nitrogen and oxygen atoms in total. The Balaban J connectivity index is 1.43. The van der Waals surface area contributed by atoms with Gasteiger partial charge in [-0.1, -0.05) is 30.0 Å². The van der Waals surface area contributed by atoms with Crippen molar-refractivity contribution in [3.05, 3.63) is 60.4 Å². The molecule has 3 aromatic rings. The lowest BCUT2D eigenvalue weighted by molar-refractivity contribution is -0.116. The van der Waals surface area contributed by atoms with Crippen molar-refractivity contribution < 1.29 is 9.53 Å². The first-order valence-corrected chi connectivity index (χ1v) is 9.80. The molecule has 7 heteroatoms. The van der Waals surface area contributed by atoms with E-state index in [4.69, 9.17) is 4.74 Å². The van der Waals surface area contributed by atoms with Crippen LogP contribution in [0, 0.1) is 0 Å². The van der Waals surface area contributed by atoms with Crippen LogP contribution in [0.4, 0.5) is 5.69 Å². The number of carbonyl (C=O) groups excluding carboxylic acids is 1. The van der Waals surface area contributed by atoms with E-state index >= 15 is 0 Å². The Morgan fingerprint density at radius 1 is 1.22 bits per heavy atom. The largest absolute Gasteiger partial charge is 0.497 e. The highest BCUT2D eigenvalue weighted by atomic mass is 32.2. The minimum Gasteiger partial charge on any atom is -0.497 e. The highest BCUT2D eigenvalue weighted by Crippen LogP contribution is 2.31. The number of carbonyl (C=O) groups is 1. The van der Waals surface area contributed by atoms with Gasteiger partial charge in [-0.25, -0.2) is 9.67 Å². The molecular weight excluding hydrogens is 360 g/mol. The Morgan fingerprint density at radius 2 is 2.07 bits per heavy atom. The van der Waals surface area contributed by atoms with Crippen molar-refractivity contribution in [2.45, 2.75) is 18.0 Å². The van der Waals surface area contributed by atoms with E-state index in [0.29, 0.717) is 10.9 Å². The Kier molecular flexibility index (Phi) is 5.11. The number of methoxy groups -OCH3 is 1. The summed E-state index contributed by atoms with van der Waals surface area (Å²) < 4.78 is 7.01. The second kappa shape index (κ2) is 7.84. The van der Waals surface area contributed by atoms with Crippen LogP contribution in [0.15, 0.2) is 60.0 Å². The van der Waals surface area contributed by atoms with Gasteiger partial charge in [-0.05, 0) is 48.7 Å². The van der Waals surface area contributed by atoms with Crippen LogP contribution in [0.1, 0.15) is 12.0 Å². The number of aryl methyl sites for hydroxylation is 1. The van der Waals surface area contributed by atoms with Gasteiger partial charge in [-0.2, -0.15) is 0 Å². The lowest BCUT2D eigenvalue weighted by Crippen LogP contribution is -2.36. The lowest BCUT2D eigenvalue weighted by atomic mass is 10.0. The maximum atomic E-state index is 12.8. The predicted octanol–water partition coefficient (Wildman–Crippen LogP) is 3.35. The van der Waals surface area contributed by atoms with Crippen LogP contribution in [0.3, 0.4) is 0 Å². The number of amides is 1. The summed E-state index contributed by atoms with van der Waals surface area (Å²) in [6.07, 6.45) is 3.59. The van der Waals surface area contributed by atoms with E-state index in [0.717, 1.165) is 42.1 Å². The fourth-order valence-electron chi connectivity index (χ4n) is 3.18. The van der Waals surface area contributed by atoms with E-state index in [1.807, 2.05) is 53.4 Å². The van der Waals surface area contributed by atoms with E-state index < -0.39 is 0 Å². The normalized spacial score (nSPS) is 13.3. The zero-order valence-corrected chi connectivity index (χ0v) is 15.9. The first-order chi connectivity index (χ1) is 13.2. The van der Waals surface area contributed by atoms with Gasteiger partial charge in [0.25, 0.3) is 0 Å². The number of nitrogens with zero attached hydrogens (tertiary/aromatic N) is 4. The van der Waals surface area contributed by atoms with Crippen LogP contribution in [-0.2, 0) is 11.2 Å². The van der Waals surface area contributed by atoms with Gasteiger partial charge in [0.1, 0.15) is 12.1 Å². The number of fused-ring (bicyclic) bond motifs is 1. The number of rotatable bonds is 5. The maximum Gasteiger partial charge on any atom is 0.237 e. The standard InChI is InChI=1S/C20H20N4O2S/c1-26-17-9-10-18-15(12-17)6-5-11-23(18)19(25)13-27-20-21-14-24(22-20)16-7-3-2-4-8-16/h2-4,7-10,12,14H,5-6,11,13H2,1H3. The smallest absolute Gasteiger partial charge is 0.237 e. The minimum atomic E-state index is 0.0715. The molecule has 0 fully saturated rings. The van der Waals surface area contributed by atoms with Crippen molar-refractivity contribution >= 4 is 23.4 Å². The maximum absolute atomic E-state index is 12.8. The van der Waals surface area contributed by atoms with Crippen LogP contribution in [0.5, 0.6) is 5.75 Å². The SMILES string of the molecule is COc1ccc2c(c1)CCCN2C(=O)CSc1ncn(-c2ccccc2)n1. The molecule has 0 saturated heterocycles. The summed E-state index contributed by atoms with van der Waals surface area (Å²) >= 11 is 1.36. The Labute approximate surface area is 162 Å². The van der Waals surface area contributed by atoms with E-state index in [9.17, 15) is 4.79 Å². The number of aromatic nitrogens is 3. The molecule has 0 radical (unpaired) electrons. The number of hydrogen-bond donors (Lipinski definition) is 0. The molecule has 1 amide bonds. The molecule has 0 spiro atoms. The number of benzene rings is 2. The van der Waals surface area contributed by atoms with Gasteiger partial charge in [-0.15, -0.1) is 5.10 Å². The summed E-state index contributed by atoms with van der Waals surface area (Å²) in [5.74, 6) is 1.21. The van der Waals surface area contributed by atoms with Gasteiger partial charge in [0.15, 0.2) is 0 Å². The number of para-hydroxylation sites is 1. The molecule has 2 aromatic carbocycles. The summed E-state index contributed by atoms with van der Waals surface area (Å²) in [4.78, 5) is 18.9. The molecule has 1 aliphatic heterocycles. The van der Waals surface area contributed by atoms with Crippen LogP contribution in [0.25, 0.3) is 5.69 Å². The average Bonchev–Trinajstić information content (AvgIpc) is 3.21. The van der Waals surface area contributed by atoms with Crippen molar-refractivity contribution in [1.29, 1.82) is 0 Å². The molecule has 0 atom stereocenters. The van der Waals surface area contributed by atoms with Crippen LogP contribution in [-0.4, -0.2) is 40.1 Å². The fraction of sp³-hybridized carbons (Fsp3) is 0.250. The van der Waals surface area contributed by atoms with Crippen LogP contribution in [0.2, 0.25) is 0 Å². The topological polar surface area (TPSA) is 60.2 Å². The molecule has 138 valence electrons. The molecule has 1 aliphatic rings. The third kappa shape index (κ3) is 3.83. The fourth-order valence-corrected chi connectivity index (χ4v) is 3.86. The molecule has 4 rings (SSSR count). The molecule has 0 saturated carbocycles. The number of hydrogen-bond acceptors (Lipinski definition) is 5. The van der Waals surface area contributed by atoms with Crippen molar-refractivity contribution in [2.24, 2.45) is 0 Å². The third-order valence-corrected chi connectivity index (χ3v) is 5.36. The summed E-state index contributed by atoms with van der Waals surface area (Å²) in [5.41, 5.74) is 3.09. The predicted molar refractivity (Wildman–Crippen MR) is 106 cm³/mol. The molecule has 2 heterocycles. The van der Waals surface area contributed by atoms with Crippen LogP contribution >= 0.6 is 11.8 Å². The molecule has 0 unspecified atom stereocenters. The zero-order valence-electron chi connectivity index (χ0n) is 15.0. The van der Waals surface area contributed by atoms with Gasteiger partial charge in [0.05, 0.1) is 18.6 Å². The number of thioether (sulfide) groups is 1. The first-order valence-electron chi connectivity index (χ1n) is 8.82. The van der Waals surface area contributed by atoms with E-state index in [1.54, 1.807) is 18.1 Å². The molecule has 0 bridgehead atoms. The molecule has 0 aliphatic carbocycles. The summed E-state index contributed by atoms with van der Waals surface area (Å²) in [6, 6.07) is 15.7. The van der Waals surface area contributed by atoms with E-state index in [2.05, 4.69) is 10.1 Å². The number of anilines is 1. The van der Waals surface area contributed by atoms with E-state index in [1.165, 1.54) is 11.8 Å². The molecule has 1 aromatic heterocycles. The van der Waals surface area contributed by atoms with Crippen molar-refractivity contribution in [3.8, 4) is 11.4 Å². The van der Waals surface area contributed by atoms with Crippen molar-refractivity contribution in [3.63, 3.8) is 0 Å². The summed E-state index contributed by atoms with van der Waals surface area (Å²) in [7, 11) is 1.66. The summed E-state index contributed by atoms with van der Waals surface area (Å²) in [5, 5.41) is 5.04. The van der Waals surface area contributed by atoms with Gasteiger partial charge in [0, 0.05) is 12.2 Å². The second-order valence-electron chi connectivity index (χ2n) is 6.24.